The van der Waals surface area contributed by atoms with Crippen molar-refractivity contribution in [3.05, 3.63) is 0 Å². The molecule has 0 saturated carbocycles. The normalized spacial score (nSPS) is 20.7. The SMILES string of the molecule is NC(CO)[C@H](O)[C@H](O)[C@@H](O)CS(=O)(=O)O. The van der Waals surface area contributed by atoms with Crippen molar-refractivity contribution >= 4 is 10.1 Å². The molecule has 0 spiro atoms. The fraction of sp³-hybridized carbons (Fsp3) is 1.00. The van der Waals surface area contributed by atoms with E-state index in [9.17, 15) is 18.6 Å². The summed E-state index contributed by atoms with van der Waals surface area (Å²) in [6.07, 6.45) is -5.44. The molecule has 0 aromatic rings. The Hall–Kier alpha value is -0.290. The van der Waals surface area contributed by atoms with Gasteiger partial charge in [0.2, 0.25) is 0 Å². The van der Waals surface area contributed by atoms with Gasteiger partial charge in [-0.25, -0.2) is 0 Å². The molecule has 0 aromatic carbocycles. The van der Waals surface area contributed by atoms with E-state index in [0.717, 1.165) is 0 Å². The van der Waals surface area contributed by atoms with Crippen LogP contribution in [0.25, 0.3) is 0 Å². The van der Waals surface area contributed by atoms with Crippen LogP contribution in [0.15, 0.2) is 0 Å². The van der Waals surface area contributed by atoms with E-state index in [4.69, 9.17) is 20.5 Å². The minimum Gasteiger partial charge on any atom is -0.395 e. The molecule has 4 atom stereocenters. The van der Waals surface area contributed by atoms with Crippen LogP contribution in [0.1, 0.15) is 0 Å². The monoisotopic (exact) mass is 245 g/mol. The highest BCUT2D eigenvalue weighted by atomic mass is 32.2. The van der Waals surface area contributed by atoms with Crippen LogP contribution in [0.5, 0.6) is 0 Å². The minimum atomic E-state index is -4.46. The lowest BCUT2D eigenvalue weighted by molar-refractivity contribution is -0.0653. The zero-order chi connectivity index (χ0) is 12.2. The van der Waals surface area contributed by atoms with Crippen molar-refractivity contribution < 1.29 is 33.4 Å². The predicted molar refractivity (Wildman–Crippen MR) is 49.5 cm³/mol. The summed E-state index contributed by atoms with van der Waals surface area (Å²) < 4.78 is 29.0. The Morgan fingerprint density at radius 2 is 1.60 bits per heavy atom. The largest absolute Gasteiger partial charge is 0.395 e. The van der Waals surface area contributed by atoms with Gasteiger partial charge < -0.3 is 26.2 Å². The minimum absolute atomic E-state index is 0.642. The molecule has 0 bridgehead atoms. The van der Waals surface area contributed by atoms with Gasteiger partial charge in [0.15, 0.2) is 0 Å². The van der Waals surface area contributed by atoms with E-state index >= 15 is 0 Å². The van der Waals surface area contributed by atoms with E-state index in [-0.39, 0.29) is 0 Å². The molecule has 8 nitrogen and oxygen atoms in total. The van der Waals surface area contributed by atoms with Gasteiger partial charge in [-0.15, -0.1) is 0 Å². The van der Waals surface area contributed by atoms with Gasteiger partial charge in [-0.05, 0) is 0 Å². The maximum atomic E-state index is 10.3. The highest BCUT2D eigenvalue weighted by Gasteiger charge is 2.31. The number of rotatable bonds is 6. The number of hydrogen-bond donors (Lipinski definition) is 6. The molecule has 15 heavy (non-hydrogen) atoms. The summed E-state index contributed by atoms with van der Waals surface area (Å²) in [6.45, 7) is -0.642. The van der Waals surface area contributed by atoms with Crippen LogP contribution in [-0.2, 0) is 10.1 Å². The van der Waals surface area contributed by atoms with E-state index in [0.29, 0.717) is 0 Å². The van der Waals surface area contributed by atoms with Gasteiger partial charge >= 0.3 is 0 Å². The second kappa shape index (κ2) is 5.70. The Morgan fingerprint density at radius 1 is 1.13 bits per heavy atom. The maximum absolute atomic E-state index is 10.3. The first-order chi connectivity index (χ1) is 6.69. The molecule has 9 heteroatoms. The highest BCUT2D eigenvalue weighted by molar-refractivity contribution is 7.85. The molecule has 0 saturated heterocycles. The summed E-state index contributed by atoms with van der Waals surface area (Å²) in [5.74, 6) is -1.12. The van der Waals surface area contributed by atoms with Gasteiger partial charge in [-0.1, -0.05) is 0 Å². The van der Waals surface area contributed by atoms with E-state index in [1.165, 1.54) is 0 Å². The third kappa shape index (κ3) is 5.37. The van der Waals surface area contributed by atoms with Crippen LogP contribution in [0.3, 0.4) is 0 Å². The van der Waals surface area contributed by atoms with Crippen molar-refractivity contribution in [2.75, 3.05) is 12.4 Å². The molecule has 0 rings (SSSR count). The zero-order valence-corrected chi connectivity index (χ0v) is 8.58. The summed E-state index contributed by atoms with van der Waals surface area (Å²) in [5, 5.41) is 36.0. The molecule has 92 valence electrons. The van der Waals surface area contributed by atoms with E-state index in [1.807, 2.05) is 0 Å². The first kappa shape index (κ1) is 14.7. The average Bonchev–Trinajstić information content (AvgIpc) is 2.11. The summed E-state index contributed by atoms with van der Waals surface area (Å²) in [5.41, 5.74) is 5.14. The quantitative estimate of drug-likeness (QED) is 0.260. The molecule has 0 amide bonds. The van der Waals surface area contributed by atoms with E-state index < -0.39 is 46.8 Å². The van der Waals surface area contributed by atoms with Gasteiger partial charge in [-0.3, -0.25) is 4.55 Å². The first-order valence-corrected chi connectivity index (χ1v) is 5.65. The summed E-state index contributed by atoms with van der Waals surface area (Å²) >= 11 is 0. The predicted octanol–water partition coefficient (Wildman–Crippen LogP) is -3.72. The Kier molecular flexibility index (Phi) is 5.59. The van der Waals surface area contributed by atoms with Crippen LogP contribution < -0.4 is 5.73 Å². The van der Waals surface area contributed by atoms with Gasteiger partial charge in [0, 0.05) is 0 Å². The zero-order valence-electron chi connectivity index (χ0n) is 7.76. The van der Waals surface area contributed by atoms with Crippen molar-refractivity contribution in [1.82, 2.24) is 0 Å². The van der Waals surface area contributed by atoms with Gasteiger partial charge in [0.05, 0.1) is 24.9 Å². The lowest BCUT2D eigenvalue weighted by Gasteiger charge is -2.25. The van der Waals surface area contributed by atoms with Crippen molar-refractivity contribution in [3.8, 4) is 0 Å². The molecule has 0 heterocycles. The molecular formula is C6H15NO7S. The van der Waals surface area contributed by atoms with Crippen molar-refractivity contribution in [2.45, 2.75) is 24.4 Å². The number of aliphatic hydroxyl groups excluding tert-OH is 4. The molecule has 7 N–H and O–H groups in total. The smallest absolute Gasteiger partial charge is 0.267 e. The molecule has 0 fully saturated rings. The molecule has 0 aliphatic heterocycles. The van der Waals surface area contributed by atoms with Gasteiger partial charge in [-0.2, -0.15) is 8.42 Å². The van der Waals surface area contributed by atoms with Crippen molar-refractivity contribution in [3.63, 3.8) is 0 Å². The summed E-state index contributed by atoms with van der Waals surface area (Å²) in [4.78, 5) is 0. The third-order valence-electron chi connectivity index (χ3n) is 1.78. The van der Waals surface area contributed by atoms with Crippen LogP contribution in [0.4, 0.5) is 0 Å². The van der Waals surface area contributed by atoms with Crippen LogP contribution in [0.2, 0.25) is 0 Å². The Bertz CT molecular complexity index is 279. The average molecular weight is 245 g/mol. The number of hydrogen-bond acceptors (Lipinski definition) is 7. The topological polar surface area (TPSA) is 161 Å². The fourth-order valence-electron chi connectivity index (χ4n) is 0.903. The molecule has 1 unspecified atom stereocenters. The standard InChI is InChI=1S/C6H15NO7S/c7-3(1-8)5(10)6(11)4(9)2-15(12,13)14/h3-6,8-11H,1-2,7H2,(H,12,13,14)/t3?,4-,5-,6+/m0/s1. The van der Waals surface area contributed by atoms with Crippen LogP contribution in [-0.4, -0.2) is 70.1 Å². The van der Waals surface area contributed by atoms with Crippen molar-refractivity contribution in [2.24, 2.45) is 5.73 Å². The van der Waals surface area contributed by atoms with Crippen molar-refractivity contribution in [1.29, 1.82) is 0 Å². The molecule has 0 aromatic heterocycles. The van der Waals surface area contributed by atoms with Gasteiger partial charge in [0.1, 0.15) is 11.9 Å². The fourth-order valence-corrected chi connectivity index (χ4v) is 1.53. The lowest BCUT2D eigenvalue weighted by Crippen LogP contribution is -2.51. The Labute approximate surface area is 86.7 Å². The molecule has 0 aliphatic rings. The lowest BCUT2D eigenvalue weighted by atomic mass is 10.0. The van der Waals surface area contributed by atoms with Crippen LogP contribution >= 0.6 is 0 Å². The molecule has 0 aliphatic carbocycles. The summed E-state index contributed by atoms with van der Waals surface area (Å²) in [6, 6.07) is -1.21. The van der Waals surface area contributed by atoms with E-state index in [1.54, 1.807) is 0 Å². The van der Waals surface area contributed by atoms with E-state index in [2.05, 4.69) is 0 Å². The summed E-state index contributed by atoms with van der Waals surface area (Å²) in [7, 11) is -4.46. The highest BCUT2D eigenvalue weighted by Crippen LogP contribution is 2.05. The molecular weight excluding hydrogens is 230 g/mol. The first-order valence-electron chi connectivity index (χ1n) is 4.05. The second-order valence-corrected chi connectivity index (χ2v) is 4.64. The Morgan fingerprint density at radius 3 is 1.93 bits per heavy atom. The molecule has 0 radical (unpaired) electrons. The number of nitrogens with two attached hydrogens (primary N) is 1. The van der Waals surface area contributed by atoms with Gasteiger partial charge in [0.25, 0.3) is 10.1 Å². The second-order valence-electron chi connectivity index (χ2n) is 3.14. The third-order valence-corrected chi connectivity index (χ3v) is 2.54. The maximum Gasteiger partial charge on any atom is 0.267 e. The van der Waals surface area contributed by atoms with Crippen LogP contribution in [0, 0.1) is 0 Å². The Balaban J connectivity index is 4.37. The number of aliphatic hydroxyl groups is 4.